The SMILES string of the molecule is CC(C)(C)NCC(O)COc1ccnn(-c2ccccc2)c1=S. The van der Waals surface area contributed by atoms with E-state index in [1.165, 1.54) is 0 Å². The molecule has 6 heteroatoms. The highest BCUT2D eigenvalue weighted by Crippen LogP contribution is 2.15. The molecular formula is C17H23N3O2S. The maximum Gasteiger partial charge on any atom is 0.170 e. The maximum absolute atomic E-state index is 10.0. The van der Waals surface area contributed by atoms with Crippen LogP contribution in [0.15, 0.2) is 42.6 Å². The Kier molecular flexibility index (Phi) is 5.87. The number of benzene rings is 1. The van der Waals surface area contributed by atoms with E-state index in [4.69, 9.17) is 17.0 Å². The number of aliphatic hydroxyl groups is 1. The van der Waals surface area contributed by atoms with Crippen molar-refractivity contribution >= 4 is 12.2 Å². The van der Waals surface area contributed by atoms with Gasteiger partial charge in [0.2, 0.25) is 0 Å². The van der Waals surface area contributed by atoms with Crippen LogP contribution in [0.5, 0.6) is 5.75 Å². The quantitative estimate of drug-likeness (QED) is 0.796. The lowest BCUT2D eigenvalue weighted by Gasteiger charge is -2.23. The van der Waals surface area contributed by atoms with Crippen LogP contribution in [0.3, 0.4) is 0 Å². The molecule has 0 fully saturated rings. The minimum absolute atomic E-state index is 0.0445. The summed E-state index contributed by atoms with van der Waals surface area (Å²) in [4.78, 5) is 0. The summed E-state index contributed by atoms with van der Waals surface area (Å²) in [6.07, 6.45) is 1.03. The molecule has 0 amide bonds. The van der Waals surface area contributed by atoms with Crippen molar-refractivity contribution in [3.63, 3.8) is 0 Å². The second kappa shape index (κ2) is 7.68. The van der Waals surface area contributed by atoms with Crippen LogP contribution in [0.4, 0.5) is 0 Å². The van der Waals surface area contributed by atoms with Crippen molar-refractivity contribution < 1.29 is 9.84 Å². The first-order chi connectivity index (χ1) is 10.9. The molecule has 5 nitrogen and oxygen atoms in total. The molecule has 1 atom stereocenters. The third-order valence-corrected chi connectivity index (χ3v) is 3.49. The summed E-state index contributed by atoms with van der Waals surface area (Å²) in [6, 6.07) is 11.4. The Morgan fingerprint density at radius 1 is 1.26 bits per heavy atom. The Hall–Kier alpha value is -1.76. The highest BCUT2D eigenvalue weighted by Gasteiger charge is 2.13. The van der Waals surface area contributed by atoms with Crippen LogP contribution in [0, 0.1) is 4.64 Å². The van der Waals surface area contributed by atoms with Crippen molar-refractivity contribution in [1.82, 2.24) is 15.1 Å². The van der Waals surface area contributed by atoms with Gasteiger partial charge < -0.3 is 15.2 Å². The van der Waals surface area contributed by atoms with Gasteiger partial charge >= 0.3 is 0 Å². The van der Waals surface area contributed by atoms with E-state index in [0.29, 0.717) is 16.9 Å². The molecule has 0 bridgehead atoms. The fourth-order valence-corrected chi connectivity index (χ4v) is 2.21. The summed E-state index contributed by atoms with van der Waals surface area (Å²) in [5.74, 6) is 0.536. The Balaban J connectivity index is 2.03. The second-order valence-electron chi connectivity index (χ2n) is 6.34. The highest BCUT2D eigenvalue weighted by atomic mass is 32.1. The molecule has 0 spiro atoms. The van der Waals surface area contributed by atoms with Gasteiger partial charge in [0.1, 0.15) is 12.7 Å². The predicted octanol–water partition coefficient (Wildman–Crippen LogP) is 2.73. The van der Waals surface area contributed by atoms with Crippen LogP contribution in [-0.4, -0.2) is 39.7 Å². The van der Waals surface area contributed by atoms with Crippen molar-refractivity contribution in [2.75, 3.05) is 13.2 Å². The Morgan fingerprint density at radius 2 is 1.96 bits per heavy atom. The molecule has 2 N–H and O–H groups in total. The van der Waals surface area contributed by atoms with E-state index in [9.17, 15) is 5.11 Å². The third-order valence-electron chi connectivity index (χ3n) is 3.11. The Bertz CT molecular complexity index is 680. The summed E-state index contributed by atoms with van der Waals surface area (Å²) < 4.78 is 7.80. The largest absolute Gasteiger partial charge is 0.488 e. The number of nitrogens with one attached hydrogen (secondary N) is 1. The van der Waals surface area contributed by atoms with Gasteiger partial charge in [-0.3, -0.25) is 0 Å². The van der Waals surface area contributed by atoms with Crippen LogP contribution in [-0.2, 0) is 0 Å². The van der Waals surface area contributed by atoms with Crippen molar-refractivity contribution in [1.29, 1.82) is 0 Å². The van der Waals surface area contributed by atoms with Gasteiger partial charge in [0.05, 0.1) is 11.9 Å². The summed E-state index contributed by atoms with van der Waals surface area (Å²) >= 11 is 5.43. The topological polar surface area (TPSA) is 59.3 Å². The molecule has 2 rings (SSSR count). The molecule has 0 saturated heterocycles. The third kappa shape index (κ3) is 5.42. The van der Waals surface area contributed by atoms with Crippen molar-refractivity contribution in [2.24, 2.45) is 0 Å². The molecular weight excluding hydrogens is 310 g/mol. The van der Waals surface area contributed by atoms with Gasteiger partial charge in [-0.1, -0.05) is 30.4 Å². The first kappa shape index (κ1) is 17.6. The summed E-state index contributed by atoms with van der Waals surface area (Å²) in [5, 5.41) is 17.5. The van der Waals surface area contributed by atoms with Crippen LogP contribution in [0.2, 0.25) is 0 Å². The molecule has 0 aliphatic rings. The van der Waals surface area contributed by atoms with Gasteiger partial charge in [0.15, 0.2) is 10.4 Å². The molecule has 1 aromatic heterocycles. The van der Waals surface area contributed by atoms with Gasteiger partial charge in [-0.2, -0.15) is 5.10 Å². The Morgan fingerprint density at radius 3 is 2.61 bits per heavy atom. The number of rotatable bonds is 6. The summed E-state index contributed by atoms with van der Waals surface area (Å²) in [5.41, 5.74) is 0.829. The number of para-hydroxylation sites is 1. The summed E-state index contributed by atoms with van der Waals surface area (Å²) in [6.45, 7) is 6.78. The number of aromatic nitrogens is 2. The van der Waals surface area contributed by atoms with E-state index < -0.39 is 6.10 Å². The van der Waals surface area contributed by atoms with Crippen LogP contribution in [0.25, 0.3) is 5.69 Å². The fourth-order valence-electron chi connectivity index (χ4n) is 1.93. The predicted molar refractivity (Wildman–Crippen MR) is 93.7 cm³/mol. The Labute approximate surface area is 141 Å². The number of β-amino-alcohol motifs (C(OH)–C–C–N with tert-alkyl or cyclic N) is 1. The maximum atomic E-state index is 10.0. The lowest BCUT2D eigenvalue weighted by molar-refractivity contribution is 0.0994. The number of ether oxygens (including phenoxy) is 1. The van der Waals surface area contributed by atoms with Crippen molar-refractivity contribution in [3.05, 3.63) is 47.2 Å². The van der Waals surface area contributed by atoms with Gasteiger partial charge in [-0.05, 0) is 32.9 Å². The average Bonchev–Trinajstić information content (AvgIpc) is 2.52. The van der Waals surface area contributed by atoms with E-state index in [1.54, 1.807) is 16.9 Å². The first-order valence-corrected chi connectivity index (χ1v) is 7.97. The summed E-state index contributed by atoms with van der Waals surface area (Å²) in [7, 11) is 0. The van der Waals surface area contributed by atoms with Crippen molar-refractivity contribution in [3.8, 4) is 11.4 Å². The van der Waals surface area contributed by atoms with Crippen LogP contribution < -0.4 is 10.1 Å². The molecule has 1 unspecified atom stereocenters. The molecule has 0 aliphatic carbocycles. The number of hydrogen-bond acceptors (Lipinski definition) is 5. The van der Waals surface area contributed by atoms with E-state index in [0.717, 1.165) is 5.69 Å². The van der Waals surface area contributed by atoms with E-state index >= 15 is 0 Å². The van der Waals surface area contributed by atoms with Gasteiger partial charge in [0.25, 0.3) is 0 Å². The number of hydrogen-bond donors (Lipinski definition) is 2. The molecule has 124 valence electrons. The fraction of sp³-hybridized carbons (Fsp3) is 0.412. The van der Waals surface area contributed by atoms with Gasteiger partial charge in [-0.25, -0.2) is 4.68 Å². The number of nitrogens with zero attached hydrogens (tertiary/aromatic N) is 2. The zero-order valence-corrected chi connectivity index (χ0v) is 14.5. The molecule has 1 heterocycles. The zero-order valence-electron chi connectivity index (χ0n) is 13.7. The monoisotopic (exact) mass is 333 g/mol. The first-order valence-electron chi connectivity index (χ1n) is 7.56. The van der Waals surface area contributed by atoms with Crippen LogP contribution >= 0.6 is 12.2 Å². The van der Waals surface area contributed by atoms with E-state index in [-0.39, 0.29) is 12.1 Å². The lowest BCUT2D eigenvalue weighted by atomic mass is 10.1. The standard InChI is InChI=1S/C17H23N3O2S/c1-17(2,3)18-11-14(21)12-22-15-9-10-19-20(16(15)23)13-7-5-4-6-8-13/h4-10,14,18,21H,11-12H2,1-3H3. The normalized spacial score (nSPS) is 12.9. The van der Waals surface area contributed by atoms with Crippen LogP contribution in [0.1, 0.15) is 20.8 Å². The highest BCUT2D eigenvalue weighted by molar-refractivity contribution is 7.71. The van der Waals surface area contributed by atoms with Crippen molar-refractivity contribution in [2.45, 2.75) is 32.4 Å². The minimum Gasteiger partial charge on any atom is -0.488 e. The molecule has 0 saturated carbocycles. The minimum atomic E-state index is -0.609. The van der Waals surface area contributed by atoms with Gasteiger partial charge in [0, 0.05) is 18.2 Å². The smallest absolute Gasteiger partial charge is 0.170 e. The van der Waals surface area contributed by atoms with Gasteiger partial charge in [-0.15, -0.1) is 0 Å². The van der Waals surface area contributed by atoms with E-state index in [1.807, 2.05) is 51.1 Å². The lowest BCUT2D eigenvalue weighted by Crippen LogP contribution is -2.42. The van der Waals surface area contributed by atoms with E-state index in [2.05, 4.69) is 10.4 Å². The zero-order chi connectivity index (χ0) is 16.9. The number of aliphatic hydroxyl groups excluding tert-OH is 1. The second-order valence-corrected chi connectivity index (χ2v) is 6.73. The molecule has 2 aromatic rings. The average molecular weight is 333 g/mol. The molecule has 1 aromatic carbocycles. The molecule has 0 radical (unpaired) electrons. The molecule has 23 heavy (non-hydrogen) atoms. The molecule has 0 aliphatic heterocycles.